The van der Waals surface area contributed by atoms with Crippen LogP contribution in [0.15, 0.2) is 18.2 Å². The van der Waals surface area contributed by atoms with Crippen molar-refractivity contribution in [3.8, 4) is 5.75 Å². The first-order valence-electron chi connectivity index (χ1n) is 7.89. The molecule has 0 radical (unpaired) electrons. The summed E-state index contributed by atoms with van der Waals surface area (Å²) in [6, 6.07) is 5.15. The molecule has 1 saturated carbocycles. The Morgan fingerprint density at radius 1 is 1.29 bits per heavy atom. The van der Waals surface area contributed by atoms with E-state index >= 15 is 0 Å². The Balaban J connectivity index is 0.00000288. The third-order valence-corrected chi connectivity index (χ3v) is 4.35. The highest BCUT2D eigenvalue weighted by Crippen LogP contribution is 2.33. The molecule has 2 unspecified atom stereocenters. The number of hydrogen-bond acceptors (Lipinski definition) is 4. The van der Waals surface area contributed by atoms with Gasteiger partial charge in [0.1, 0.15) is 5.75 Å². The third-order valence-electron chi connectivity index (χ3n) is 4.35. The Morgan fingerprint density at radius 2 is 2.00 bits per heavy atom. The van der Waals surface area contributed by atoms with Crippen LogP contribution in [0.3, 0.4) is 0 Å². The van der Waals surface area contributed by atoms with E-state index in [1.807, 2.05) is 6.92 Å². The standard InChI is InChI=1S/C17H25N3O3.ClH/c1-11(21)19-14-10-12(7-8-15(14)23-3)20-16(22)13-6-4-5-9-17(13,2)18;/h7-8,10,13H,4-6,9,18H2,1-3H3,(H,19,21)(H,20,22);1H. The zero-order chi connectivity index (χ0) is 17.0. The summed E-state index contributed by atoms with van der Waals surface area (Å²) >= 11 is 0. The molecular formula is C17H26ClN3O3. The highest BCUT2D eigenvalue weighted by molar-refractivity contribution is 5.96. The van der Waals surface area contributed by atoms with Crippen LogP contribution in [0.2, 0.25) is 0 Å². The lowest BCUT2D eigenvalue weighted by Crippen LogP contribution is -2.51. The summed E-state index contributed by atoms with van der Waals surface area (Å²) in [6.07, 6.45) is 3.73. The van der Waals surface area contributed by atoms with E-state index in [9.17, 15) is 9.59 Å². The summed E-state index contributed by atoms with van der Waals surface area (Å²) in [7, 11) is 1.53. The van der Waals surface area contributed by atoms with Gasteiger partial charge in [-0.15, -0.1) is 12.4 Å². The van der Waals surface area contributed by atoms with Crippen molar-refractivity contribution in [2.45, 2.75) is 45.1 Å². The van der Waals surface area contributed by atoms with Crippen molar-refractivity contribution in [3.63, 3.8) is 0 Å². The Hall–Kier alpha value is -1.79. The maximum atomic E-state index is 12.6. The Bertz CT molecular complexity index is 605. The van der Waals surface area contributed by atoms with Gasteiger partial charge < -0.3 is 21.1 Å². The second kappa shape index (κ2) is 8.35. The molecule has 24 heavy (non-hydrogen) atoms. The predicted octanol–water partition coefficient (Wildman–Crippen LogP) is 2.92. The molecular weight excluding hydrogens is 330 g/mol. The van der Waals surface area contributed by atoms with Crippen molar-refractivity contribution < 1.29 is 14.3 Å². The van der Waals surface area contributed by atoms with Gasteiger partial charge in [-0.3, -0.25) is 9.59 Å². The number of carbonyl (C=O) groups is 2. The van der Waals surface area contributed by atoms with Gasteiger partial charge in [-0.1, -0.05) is 12.8 Å². The van der Waals surface area contributed by atoms with Gasteiger partial charge in [0, 0.05) is 18.2 Å². The Morgan fingerprint density at radius 3 is 2.58 bits per heavy atom. The average molecular weight is 356 g/mol. The number of nitrogens with one attached hydrogen (secondary N) is 2. The number of nitrogens with two attached hydrogens (primary N) is 1. The van der Waals surface area contributed by atoms with Gasteiger partial charge in [-0.25, -0.2) is 0 Å². The zero-order valence-electron chi connectivity index (χ0n) is 14.3. The minimum absolute atomic E-state index is 0. The molecule has 2 amide bonds. The number of amides is 2. The minimum Gasteiger partial charge on any atom is -0.495 e. The van der Waals surface area contributed by atoms with E-state index in [-0.39, 0.29) is 30.1 Å². The molecule has 0 bridgehead atoms. The Kier molecular flexibility index (Phi) is 7.05. The van der Waals surface area contributed by atoms with Crippen LogP contribution in [0.1, 0.15) is 39.5 Å². The molecule has 1 aromatic rings. The van der Waals surface area contributed by atoms with Gasteiger partial charge in [0.25, 0.3) is 0 Å². The predicted molar refractivity (Wildman–Crippen MR) is 97.7 cm³/mol. The fourth-order valence-corrected chi connectivity index (χ4v) is 3.09. The second-order valence-electron chi connectivity index (χ2n) is 6.39. The first-order valence-corrected chi connectivity index (χ1v) is 7.89. The number of halogens is 1. The van der Waals surface area contributed by atoms with Gasteiger partial charge in [-0.2, -0.15) is 0 Å². The molecule has 7 heteroatoms. The lowest BCUT2D eigenvalue weighted by molar-refractivity contribution is -0.122. The molecule has 0 heterocycles. The van der Waals surface area contributed by atoms with Crippen LogP contribution in [0.4, 0.5) is 11.4 Å². The van der Waals surface area contributed by atoms with Crippen LogP contribution in [0.25, 0.3) is 0 Å². The largest absolute Gasteiger partial charge is 0.495 e. The monoisotopic (exact) mass is 355 g/mol. The smallest absolute Gasteiger partial charge is 0.229 e. The van der Waals surface area contributed by atoms with E-state index < -0.39 is 5.54 Å². The van der Waals surface area contributed by atoms with Crippen molar-refractivity contribution in [1.29, 1.82) is 0 Å². The molecule has 1 aromatic carbocycles. The van der Waals surface area contributed by atoms with E-state index in [2.05, 4.69) is 10.6 Å². The van der Waals surface area contributed by atoms with Crippen LogP contribution >= 0.6 is 12.4 Å². The summed E-state index contributed by atoms with van der Waals surface area (Å²) in [5.74, 6) is 0.0596. The van der Waals surface area contributed by atoms with E-state index in [1.165, 1.54) is 14.0 Å². The lowest BCUT2D eigenvalue weighted by Gasteiger charge is -2.37. The fraction of sp³-hybridized carbons (Fsp3) is 0.529. The van der Waals surface area contributed by atoms with Gasteiger partial charge in [-0.05, 0) is 38.0 Å². The maximum absolute atomic E-state index is 12.6. The van der Waals surface area contributed by atoms with Crippen molar-refractivity contribution in [3.05, 3.63) is 18.2 Å². The number of rotatable bonds is 4. The van der Waals surface area contributed by atoms with Gasteiger partial charge >= 0.3 is 0 Å². The maximum Gasteiger partial charge on any atom is 0.229 e. The van der Waals surface area contributed by atoms with Crippen molar-refractivity contribution in [2.24, 2.45) is 11.7 Å². The third kappa shape index (κ3) is 4.85. The average Bonchev–Trinajstić information content (AvgIpc) is 2.46. The van der Waals surface area contributed by atoms with Crippen LogP contribution in [-0.2, 0) is 9.59 Å². The normalized spacial score (nSPS) is 22.9. The molecule has 6 nitrogen and oxygen atoms in total. The summed E-state index contributed by atoms with van der Waals surface area (Å²) in [4.78, 5) is 23.8. The second-order valence-corrected chi connectivity index (χ2v) is 6.39. The van der Waals surface area contributed by atoms with Crippen molar-refractivity contribution in [2.75, 3.05) is 17.7 Å². The van der Waals surface area contributed by atoms with Crippen molar-refractivity contribution >= 4 is 35.6 Å². The SMILES string of the molecule is COc1ccc(NC(=O)C2CCCCC2(C)N)cc1NC(C)=O.Cl. The van der Waals surface area contributed by atoms with Crippen LogP contribution in [-0.4, -0.2) is 24.5 Å². The first-order chi connectivity index (χ1) is 10.8. The number of ether oxygens (including phenoxy) is 1. The molecule has 0 saturated heterocycles. The number of hydrogen-bond donors (Lipinski definition) is 3. The number of benzene rings is 1. The molecule has 0 aliphatic heterocycles. The minimum atomic E-state index is -0.477. The fourth-order valence-electron chi connectivity index (χ4n) is 3.09. The number of carbonyl (C=O) groups excluding carboxylic acids is 2. The molecule has 0 spiro atoms. The lowest BCUT2D eigenvalue weighted by atomic mass is 9.74. The Labute approximate surface area is 148 Å². The zero-order valence-corrected chi connectivity index (χ0v) is 15.2. The molecule has 4 N–H and O–H groups in total. The van der Waals surface area contributed by atoms with Crippen LogP contribution in [0, 0.1) is 5.92 Å². The molecule has 1 aliphatic carbocycles. The van der Waals surface area contributed by atoms with Crippen LogP contribution in [0.5, 0.6) is 5.75 Å². The first kappa shape index (κ1) is 20.3. The summed E-state index contributed by atoms with van der Waals surface area (Å²) in [5.41, 5.74) is 6.94. The molecule has 2 rings (SSSR count). The molecule has 0 aromatic heterocycles. The molecule has 2 atom stereocenters. The van der Waals surface area contributed by atoms with E-state index in [1.54, 1.807) is 18.2 Å². The van der Waals surface area contributed by atoms with Gasteiger partial charge in [0.15, 0.2) is 0 Å². The number of anilines is 2. The molecule has 134 valence electrons. The molecule has 1 aliphatic rings. The highest BCUT2D eigenvalue weighted by atomic mass is 35.5. The van der Waals surface area contributed by atoms with Crippen LogP contribution < -0.4 is 21.1 Å². The van der Waals surface area contributed by atoms with E-state index in [0.717, 1.165) is 25.7 Å². The summed E-state index contributed by atoms with van der Waals surface area (Å²) in [6.45, 7) is 3.36. The summed E-state index contributed by atoms with van der Waals surface area (Å²) < 4.78 is 5.21. The highest BCUT2D eigenvalue weighted by Gasteiger charge is 2.37. The quantitative estimate of drug-likeness (QED) is 0.774. The topological polar surface area (TPSA) is 93.4 Å². The number of methoxy groups -OCH3 is 1. The molecule has 1 fully saturated rings. The summed E-state index contributed by atoms with van der Waals surface area (Å²) in [5, 5.41) is 5.60. The van der Waals surface area contributed by atoms with Gasteiger partial charge in [0.05, 0.1) is 18.7 Å². The van der Waals surface area contributed by atoms with Gasteiger partial charge in [0.2, 0.25) is 11.8 Å². The van der Waals surface area contributed by atoms with Crippen molar-refractivity contribution in [1.82, 2.24) is 0 Å². The van der Waals surface area contributed by atoms with E-state index in [0.29, 0.717) is 17.1 Å². The van der Waals surface area contributed by atoms with E-state index in [4.69, 9.17) is 10.5 Å².